The number of urea groups is 1. The molecule has 0 heterocycles. The zero-order chi connectivity index (χ0) is 15.1. The third-order valence-electron chi connectivity index (χ3n) is 3.22. The molecule has 0 aliphatic heterocycles. The summed E-state index contributed by atoms with van der Waals surface area (Å²) in [4.78, 5) is 11.6. The maximum atomic E-state index is 13.5. The van der Waals surface area contributed by atoms with Crippen molar-refractivity contribution >= 4 is 22.0 Å². The van der Waals surface area contributed by atoms with Crippen molar-refractivity contribution in [3.8, 4) is 0 Å². The van der Waals surface area contributed by atoms with Gasteiger partial charge in [-0.3, -0.25) is 0 Å². The first-order chi connectivity index (χ1) is 9.43. The molecule has 112 valence electrons. The monoisotopic (exact) mass is 346 g/mol. The lowest BCUT2D eigenvalue weighted by Gasteiger charge is -2.17. The molecule has 3 N–H and O–H groups in total. The molecule has 1 rings (SSSR count). The van der Waals surface area contributed by atoms with Gasteiger partial charge in [0.05, 0.1) is 6.10 Å². The second-order valence-electron chi connectivity index (χ2n) is 4.75. The molecule has 2 unspecified atom stereocenters. The van der Waals surface area contributed by atoms with Gasteiger partial charge < -0.3 is 15.7 Å². The van der Waals surface area contributed by atoms with Crippen molar-refractivity contribution < 1.29 is 14.3 Å². The number of hydrogen-bond acceptors (Lipinski definition) is 2. The number of aliphatic hydroxyl groups excluding tert-OH is 1. The lowest BCUT2D eigenvalue weighted by atomic mass is 10.0. The first kappa shape index (κ1) is 16.9. The summed E-state index contributed by atoms with van der Waals surface area (Å²) in [5.41, 5.74) is 0.400. The molecule has 0 saturated carbocycles. The van der Waals surface area contributed by atoms with Crippen LogP contribution in [0.5, 0.6) is 0 Å². The van der Waals surface area contributed by atoms with Crippen molar-refractivity contribution in [2.45, 2.75) is 32.9 Å². The van der Waals surface area contributed by atoms with Crippen LogP contribution in [-0.2, 0) is 6.54 Å². The van der Waals surface area contributed by atoms with E-state index in [1.807, 2.05) is 13.8 Å². The maximum Gasteiger partial charge on any atom is 0.315 e. The van der Waals surface area contributed by atoms with E-state index in [-0.39, 0.29) is 24.8 Å². The number of aliphatic hydroxyl groups is 1. The molecule has 2 amide bonds. The number of benzene rings is 1. The van der Waals surface area contributed by atoms with Gasteiger partial charge in [0.25, 0.3) is 0 Å². The fraction of sp³-hybridized carbons (Fsp3) is 0.500. The van der Waals surface area contributed by atoms with Crippen LogP contribution in [0, 0.1) is 11.7 Å². The van der Waals surface area contributed by atoms with Crippen molar-refractivity contribution in [1.82, 2.24) is 10.6 Å². The van der Waals surface area contributed by atoms with E-state index in [1.165, 1.54) is 6.07 Å². The van der Waals surface area contributed by atoms with Gasteiger partial charge in [-0.15, -0.1) is 0 Å². The number of halogens is 2. The first-order valence-electron chi connectivity index (χ1n) is 6.57. The second kappa shape index (κ2) is 8.21. The summed E-state index contributed by atoms with van der Waals surface area (Å²) in [5.74, 6) is -0.244. The molecular weight excluding hydrogens is 327 g/mol. The minimum atomic E-state index is -0.576. The number of rotatable bonds is 6. The smallest absolute Gasteiger partial charge is 0.315 e. The molecule has 1 aromatic carbocycles. The summed E-state index contributed by atoms with van der Waals surface area (Å²) >= 11 is 3.25. The van der Waals surface area contributed by atoms with Gasteiger partial charge in [-0.05, 0) is 24.1 Å². The van der Waals surface area contributed by atoms with E-state index in [4.69, 9.17) is 0 Å². The highest BCUT2D eigenvalue weighted by Crippen LogP contribution is 2.15. The average Bonchev–Trinajstić information content (AvgIpc) is 2.44. The molecule has 0 radical (unpaired) electrons. The van der Waals surface area contributed by atoms with Gasteiger partial charge >= 0.3 is 6.03 Å². The number of carbonyl (C=O) groups is 1. The normalized spacial score (nSPS) is 13.7. The SMILES string of the molecule is CCC(C)C(O)CNC(=O)NCc1cc(Br)ccc1F. The Bertz CT molecular complexity index is 457. The highest BCUT2D eigenvalue weighted by atomic mass is 79.9. The Hall–Kier alpha value is -1.14. The molecule has 6 heteroatoms. The molecule has 0 aromatic heterocycles. The van der Waals surface area contributed by atoms with E-state index in [2.05, 4.69) is 26.6 Å². The zero-order valence-electron chi connectivity index (χ0n) is 11.6. The van der Waals surface area contributed by atoms with E-state index in [9.17, 15) is 14.3 Å². The van der Waals surface area contributed by atoms with Crippen molar-refractivity contribution in [3.05, 3.63) is 34.1 Å². The predicted molar refractivity (Wildman–Crippen MR) is 79.8 cm³/mol. The van der Waals surface area contributed by atoms with Crippen LogP contribution in [0.25, 0.3) is 0 Å². The lowest BCUT2D eigenvalue weighted by Crippen LogP contribution is -2.41. The molecule has 4 nitrogen and oxygen atoms in total. The van der Waals surface area contributed by atoms with E-state index in [0.717, 1.165) is 10.9 Å². The highest BCUT2D eigenvalue weighted by Gasteiger charge is 2.13. The number of carbonyl (C=O) groups excluding carboxylic acids is 1. The van der Waals surface area contributed by atoms with Gasteiger partial charge in [0.15, 0.2) is 0 Å². The number of amides is 2. The molecule has 0 spiro atoms. The average molecular weight is 347 g/mol. The molecule has 2 atom stereocenters. The van der Waals surface area contributed by atoms with E-state index in [0.29, 0.717) is 5.56 Å². The highest BCUT2D eigenvalue weighted by molar-refractivity contribution is 9.10. The first-order valence-corrected chi connectivity index (χ1v) is 7.37. The minimum absolute atomic E-state index is 0.0938. The predicted octanol–water partition coefficient (Wildman–Crippen LogP) is 2.79. The molecule has 0 saturated heterocycles. The Labute approximate surface area is 126 Å². The summed E-state index contributed by atoms with van der Waals surface area (Å²) in [7, 11) is 0. The molecule has 0 aliphatic carbocycles. The van der Waals surface area contributed by atoms with Gasteiger partial charge in [0.2, 0.25) is 0 Å². The van der Waals surface area contributed by atoms with Crippen LogP contribution < -0.4 is 10.6 Å². The molecule has 0 aliphatic rings. The van der Waals surface area contributed by atoms with E-state index in [1.54, 1.807) is 12.1 Å². The van der Waals surface area contributed by atoms with Crippen molar-refractivity contribution in [1.29, 1.82) is 0 Å². The fourth-order valence-electron chi connectivity index (χ4n) is 1.59. The largest absolute Gasteiger partial charge is 0.391 e. The minimum Gasteiger partial charge on any atom is -0.391 e. The maximum absolute atomic E-state index is 13.5. The second-order valence-corrected chi connectivity index (χ2v) is 5.67. The summed E-state index contributed by atoms with van der Waals surface area (Å²) < 4.78 is 14.2. The van der Waals surface area contributed by atoms with E-state index >= 15 is 0 Å². The van der Waals surface area contributed by atoms with Gasteiger partial charge in [-0.1, -0.05) is 36.2 Å². The fourth-order valence-corrected chi connectivity index (χ4v) is 2.00. The molecule has 0 fully saturated rings. The number of nitrogens with one attached hydrogen (secondary N) is 2. The number of hydrogen-bond donors (Lipinski definition) is 3. The van der Waals surface area contributed by atoms with Crippen LogP contribution in [0.3, 0.4) is 0 Å². The van der Waals surface area contributed by atoms with Crippen molar-refractivity contribution in [3.63, 3.8) is 0 Å². The standard InChI is InChI=1S/C14H20BrFN2O2/c1-3-9(2)13(19)8-18-14(20)17-7-10-6-11(15)4-5-12(10)16/h4-6,9,13,19H,3,7-8H2,1-2H3,(H2,17,18,20). The Kier molecular flexibility index (Phi) is 6.95. The lowest BCUT2D eigenvalue weighted by molar-refractivity contribution is 0.114. The Morgan fingerprint density at radius 3 is 2.80 bits per heavy atom. The molecule has 20 heavy (non-hydrogen) atoms. The van der Waals surface area contributed by atoms with Gasteiger partial charge in [0.1, 0.15) is 5.82 Å². The van der Waals surface area contributed by atoms with Crippen LogP contribution in [0.4, 0.5) is 9.18 Å². The third kappa shape index (κ3) is 5.46. The zero-order valence-corrected chi connectivity index (χ0v) is 13.2. The summed E-state index contributed by atoms with van der Waals surface area (Å²) in [6.45, 7) is 4.17. The quantitative estimate of drug-likeness (QED) is 0.741. The topological polar surface area (TPSA) is 61.4 Å². The Morgan fingerprint density at radius 1 is 1.45 bits per heavy atom. The van der Waals surface area contributed by atoms with Gasteiger partial charge in [-0.25, -0.2) is 9.18 Å². The molecule has 0 bridgehead atoms. The molecule has 1 aromatic rings. The van der Waals surface area contributed by atoms with Gasteiger partial charge in [0, 0.05) is 23.1 Å². The van der Waals surface area contributed by atoms with Crippen LogP contribution in [0.15, 0.2) is 22.7 Å². The van der Waals surface area contributed by atoms with Gasteiger partial charge in [-0.2, -0.15) is 0 Å². The Balaban J connectivity index is 2.38. The van der Waals surface area contributed by atoms with Crippen molar-refractivity contribution in [2.75, 3.05) is 6.54 Å². The Morgan fingerprint density at radius 2 is 2.15 bits per heavy atom. The summed E-state index contributed by atoms with van der Waals surface area (Å²) in [5, 5.41) is 14.8. The van der Waals surface area contributed by atoms with E-state index < -0.39 is 12.1 Å². The van der Waals surface area contributed by atoms with Crippen LogP contribution in [0.2, 0.25) is 0 Å². The summed E-state index contributed by atoms with van der Waals surface area (Å²) in [6.07, 6.45) is 0.265. The van der Waals surface area contributed by atoms with Crippen LogP contribution in [0.1, 0.15) is 25.8 Å². The van der Waals surface area contributed by atoms with Crippen LogP contribution >= 0.6 is 15.9 Å². The summed E-state index contributed by atoms with van der Waals surface area (Å²) in [6, 6.07) is 4.13. The third-order valence-corrected chi connectivity index (χ3v) is 3.71. The van der Waals surface area contributed by atoms with Crippen LogP contribution in [-0.4, -0.2) is 23.8 Å². The molecular formula is C14H20BrFN2O2. The van der Waals surface area contributed by atoms with Crippen molar-refractivity contribution in [2.24, 2.45) is 5.92 Å².